The molecule has 0 N–H and O–H groups in total. The molecule has 1 spiro atoms. The van der Waals surface area contributed by atoms with E-state index in [2.05, 4.69) is 24.8 Å². The smallest absolute Gasteiger partial charge is 0.409 e. The van der Waals surface area contributed by atoms with Gasteiger partial charge in [-0.25, -0.2) is 19.2 Å². The number of halogens is 1. The summed E-state index contributed by atoms with van der Waals surface area (Å²) >= 11 is 1.48. The van der Waals surface area contributed by atoms with Gasteiger partial charge in [0, 0.05) is 74.7 Å². The number of carbonyl (C=O) groups is 1. The van der Waals surface area contributed by atoms with Crippen LogP contribution in [0.3, 0.4) is 0 Å². The molecule has 1 saturated carbocycles. The van der Waals surface area contributed by atoms with Crippen molar-refractivity contribution in [3.05, 3.63) is 30.5 Å². The number of piperazine rings is 1. The van der Waals surface area contributed by atoms with E-state index in [-0.39, 0.29) is 17.3 Å². The number of nitrogens with zero attached hydrogens (tertiary/aromatic N) is 6. The van der Waals surface area contributed by atoms with Crippen molar-refractivity contribution >= 4 is 23.5 Å². The van der Waals surface area contributed by atoms with Crippen molar-refractivity contribution < 1.29 is 13.9 Å². The Morgan fingerprint density at radius 2 is 1.91 bits per heavy atom. The van der Waals surface area contributed by atoms with Crippen molar-refractivity contribution in [3.63, 3.8) is 0 Å². The summed E-state index contributed by atoms with van der Waals surface area (Å²) in [7, 11) is 0. The normalized spacial score (nSPS) is 22.1. The molecular weight excluding hydrogens is 455 g/mol. The largest absolute Gasteiger partial charge is 0.450 e. The van der Waals surface area contributed by atoms with Gasteiger partial charge in [0.25, 0.3) is 0 Å². The highest BCUT2D eigenvalue weighted by Crippen LogP contribution is 2.47. The van der Waals surface area contributed by atoms with E-state index in [4.69, 9.17) is 4.74 Å². The van der Waals surface area contributed by atoms with Gasteiger partial charge in [0.05, 0.1) is 24.2 Å². The third-order valence-electron chi connectivity index (χ3n) is 7.34. The Kier molecular flexibility index (Phi) is 6.61. The van der Waals surface area contributed by atoms with Gasteiger partial charge in [-0.15, -0.1) is 0 Å². The van der Waals surface area contributed by atoms with Crippen molar-refractivity contribution in [1.82, 2.24) is 24.8 Å². The van der Waals surface area contributed by atoms with Crippen LogP contribution in [0.1, 0.15) is 26.2 Å². The van der Waals surface area contributed by atoms with Gasteiger partial charge in [-0.2, -0.15) is 0 Å². The quantitative estimate of drug-likeness (QED) is 0.469. The van der Waals surface area contributed by atoms with E-state index in [0.717, 1.165) is 69.1 Å². The first-order valence-electron chi connectivity index (χ1n) is 11.9. The maximum Gasteiger partial charge on any atom is 0.409 e. The van der Waals surface area contributed by atoms with Crippen LogP contribution >= 0.6 is 11.8 Å². The molecule has 3 aliphatic rings. The maximum atomic E-state index is 14.2. The Labute approximate surface area is 203 Å². The van der Waals surface area contributed by atoms with Crippen molar-refractivity contribution in [2.24, 2.45) is 5.41 Å². The highest BCUT2D eigenvalue weighted by molar-refractivity contribution is 7.98. The van der Waals surface area contributed by atoms with Gasteiger partial charge in [0.2, 0.25) is 0 Å². The number of hydrogen-bond donors (Lipinski definition) is 0. The summed E-state index contributed by atoms with van der Waals surface area (Å²) in [5.74, 6) is -0.336. The Morgan fingerprint density at radius 1 is 1.18 bits per heavy atom. The standard InChI is InChI=1S/C24H31FN6O2S/c1-3-33-23(32)31-15-24(16-31)5-4-19(11-24)29-6-8-30(9-7-29)20-10-18(25)14-26-21(20)17-12-27-22(34-2)28-13-17/h10,12-14,19H,3-9,11,15-16H2,1-2H3/t19-/m1/s1. The van der Waals surface area contributed by atoms with E-state index in [1.807, 2.05) is 18.1 Å². The molecule has 2 aliphatic heterocycles. The molecule has 2 aromatic rings. The van der Waals surface area contributed by atoms with E-state index in [1.165, 1.54) is 24.4 Å². The zero-order valence-corrected chi connectivity index (χ0v) is 20.6. The average Bonchev–Trinajstić information content (AvgIpc) is 3.30. The lowest BCUT2D eigenvalue weighted by Gasteiger charge is -2.48. The van der Waals surface area contributed by atoms with Crippen LogP contribution in [0, 0.1) is 11.2 Å². The molecule has 3 fully saturated rings. The molecule has 1 amide bonds. The summed E-state index contributed by atoms with van der Waals surface area (Å²) < 4.78 is 19.3. The predicted molar refractivity (Wildman–Crippen MR) is 129 cm³/mol. The van der Waals surface area contributed by atoms with Gasteiger partial charge in [0.15, 0.2) is 5.16 Å². The molecule has 0 radical (unpaired) electrons. The number of ether oxygens (including phenoxy) is 1. The highest BCUT2D eigenvalue weighted by atomic mass is 32.2. The minimum absolute atomic E-state index is 0.182. The molecule has 0 aromatic carbocycles. The number of amides is 1. The highest BCUT2D eigenvalue weighted by Gasteiger charge is 2.51. The molecular formula is C24H31FN6O2S. The number of anilines is 1. The molecule has 2 aromatic heterocycles. The van der Waals surface area contributed by atoms with Crippen molar-refractivity contribution in [3.8, 4) is 11.3 Å². The van der Waals surface area contributed by atoms with Crippen LogP contribution in [0.4, 0.5) is 14.9 Å². The molecule has 4 heterocycles. The number of rotatable bonds is 5. The van der Waals surface area contributed by atoms with Gasteiger partial charge in [0.1, 0.15) is 5.82 Å². The van der Waals surface area contributed by atoms with Gasteiger partial charge < -0.3 is 14.5 Å². The first-order valence-corrected chi connectivity index (χ1v) is 13.2. The second kappa shape index (κ2) is 9.65. The molecule has 0 unspecified atom stereocenters. The lowest BCUT2D eigenvalue weighted by atomic mass is 9.78. The molecule has 34 heavy (non-hydrogen) atoms. The summed E-state index contributed by atoms with van der Waals surface area (Å²) in [6.07, 6.45) is 9.99. The summed E-state index contributed by atoms with van der Waals surface area (Å²) in [5.41, 5.74) is 2.57. The zero-order chi connectivity index (χ0) is 23.7. The molecule has 1 aliphatic carbocycles. The van der Waals surface area contributed by atoms with Crippen LogP contribution in [-0.4, -0.2) is 89.0 Å². The maximum absolute atomic E-state index is 14.2. The number of thioether (sulfide) groups is 1. The van der Waals surface area contributed by atoms with Gasteiger partial charge in [-0.3, -0.25) is 9.88 Å². The topological polar surface area (TPSA) is 74.7 Å². The van der Waals surface area contributed by atoms with E-state index in [0.29, 0.717) is 17.8 Å². The minimum atomic E-state index is -0.336. The Hall–Kier alpha value is -2.46. The fourth-order valence-electron chi connectivity index (χ4n) is 5.65. The van der Waals surface area contributed by atoms with Crippen LogP contribution in [0.2, 0.25) is 0 Å². The molecule has 1 atom stereocenters. The monoisotopic (exact) mass is 486 g/mol. The predicted octanol–water partition coefficient (Wildman–Crippen LogP) is 3.53. The molecule has 2 saturated heterocycles. The first-order chi connectivity index (χ1) is 16.5. The molecule has 5 rings (SSSR count). The van der Waals surface area contributed by atoms with E-state index < -0.39 is 0 Å². The second-order valence-corrected chi connectivity index (χ2v) is 10.2. The summed E-state index contributed by atoms with van der Waals surface area (Å²) in [6.45, 7) is 7.40. The number of aromatic nitrogens is 3. The third kappa shape index (κ3) is 4.57. The van der Waals surface area contributed by atoms with Crippen LogP contribution in [0.5, 0.6) is 0 Å². The molecule has 0 bridgehead atoms. The third-order valence-corrected chi connectivity index (χ3v) is 7.92. The van der Waals surface area contributed by atoms with E-state index >= 15 is 0 Å². The van der Waals surface area contributed by atoms with Crippen LogP contribution < -0.4 is 4.90 Å². The summed E-state index contributed by atoms with van der Waals surface area (Å²) in [5, 5.41) is 0.701. The fourth-order valence-corrected chi connectivity index (χ4v) is 5.96. The van der Waals surface area contributed by atoms with Crippen molar-refractivity contribution in [2.75, 3.05) is 57.0 Å². The molecule has 182 valence electrons. The minimum Gasteiger partial charge on any atom is -0.450 e. The van der Waals surface area contributed by atoms with Crippen LogP contribution in [0.25, 0.3) is 11.3 Å². The van der Waals surface area contributed by atoms with Crippen molar-refractivity contribution in [1.29, 1.82) is 0 Å². The average molecular weight is 487 g/mol. The summed E-state index contributed by atoms with van der Waals surface area (Å²) in [6, 6.07) is 2.12. The zero-order valence-electron chi connectivity index (χ0n) is 19.7. The second-order valence-electron chi connectivity index (χ2n) is 9.45. The number of pyridine rings is 1. The molecule has 8 nitrogen and oxygen atoms in total. The SMILES string of the molecule is CCOC(=O)N1CC2(CC[C@@H](N3CCN(c4cc(F)cnc4-c4cnc(SC)nc4)CC3)C2)C1. The Bertz CT molecular complexity index is 1020. The lowest BCUT2D eigenvalue weighted by molar-refractivity contribution is -0.00294. The lowest BCUT2D eigenvalue weighted by Crippen LogP contribution is -2.58. The van der Waals surface area contributed by atoms with E-state index in [9.17, 15) is 9.18 Å². The summed E-state index contributed by atoms with van der Waals surface area (Å²) in [4.78, 5) is 31.7. The first kappa shape index (κ1) is 23.3. The Morgan fingerprint density at radius 3 is 2.59 bits per heavy atom. The van der Waals surface area contributed by atoms with Crippen LogP contribution in [-0.2, 0) is 4.74 Å². The van der Waals surface area contributed by atoms with Gasteiger partial charge >= 0.3 is 6.09 Å². The number of likely N-dealkylation sites (tertiary alicyclic amines) is 1. The van der Waals surface area contributed by atoms with Gasteiger partial charge in [-0.1, -0.05) is 11.8 Å². The Balaban J connectivity index is 1.21. The fraction of sp³-hybridized carbons (Fsp3) is 0.583. The molecule has 10 heteroatoms. The number of carbonyl (C=O) groups excluding carboxylic acids is 1. The van der Waals surface area contributed by atoms with Crippen molar-refractivity contribution in [2.45, 2.75) is 37.4 Å². The van der Waals surface area contributed by atoms with Crippen LogP contribution in [0.15, 0.2) is 29.8 Å². The van der Waals surface area contributed by atoms with Gasteiger partial charge in [-0.05, 0) is 32.4 Å². The van der Waals surface area contributed by atoms with E-state index in [1.54, 1.807) is 18.5 Å². The number of hydrogen-bond acceptors (Lipinski definition) is 8.